The number of benzene rings is 1. The third-order valence-electron chi connectivity index (χ3n) is 8.68. The first kappa shape index (κ1) is 33.7. The zero-order chi connectivity index (χ0) is 30.4. The minimum absolute atomic E-state index is 0. The third-order valence-corrected chi connectivity index (χ3v) is 8.68. The van der Waals surface area contributed by atoms with E-state index in [9.17, 15) is 4.79 Å². The van der Waals surface area contributed by atoms with Crippen LogP contribution in [0.5, 0.6) is 5.75 Å². The minimum atomic E-state index is 0. The van der Waals surface area contributed by atoms with Gasteiger partial charge in [0.05, 0.1) is 31.3 Å². The maximum absolute atomic E-state index is 13.4. The molecule has 2 fully saturated rings. The van der Waals surface area contributed by atoms with Gasteiger partial charge < -0.3 is 24.2 Å². The van der Waals surface area contributed by atoms with E-state index in [1.807, 2.05) is 40.9 Å². The van der Waals surface area contributed by atoms with Crippen molar-refractivity contribution in [1.29, 1.82) is 0 Å². The van der Waals surface area contributed by atoms with Crippen LogP contribution in [0.3, 0.4) is 0 Å². The summed E-state index contributed by atoms with van der Waals surface area (Å²) in [4.78, 5) is 31.5. The predicted molar refractivity (Wildman–Crippen MR) is 176 cm³/mol. The standard InChI is InChI=1S/C32H48N8O3.ClH/c1-6-43-27-9-7-8-26(20-27)23-40-30-28(21-35-40)29(33-24-34-30)36-14-16-38(17-15-36)31(41)37-12-10-25(11-13-37)22-39(18-19-42-5)32(2,3)4;/h7-9,20-21,24-25H,6,10-19,22-23H2,1-5H3;1H. The summed E-state index contributed by atoms with van der Waals surface area (Å²) in [5.41, 5.74) is 2.01. The van der Waals surface area contributed by atoms with Gasteiger partial charge in [0.1, 0.15) is 17.9 Å². The highest BCUT2D eigenvalue weighted by atomic mass is 35.5. The zero-order valence-electron chi connectivity index (χ0n) is 26.9. The molecule has 242 valence electrons. The Balaban J connectivity index is 0.00000442. The van der Waals surface area contributed by atoms with Crippen molar-refractivity contribution in [3.8, 4) is 5.75 Å². The molecule has 12 heteroatoms. The van der Waals surface area contributed by atoms with Gasteiger partial charge in [-0.3, -0.25) is 4.90 Å². The van der Waals surface area contributed by atoms with Crippen molar-refractivity contribution in [1.82, 2.24) is 34.4 Å². The Kier molecular flexibility index (Phi) is 11.7. The number of rotatable bonds is 10. The number of carbonyl (C=O) groups is 1. The molecule has 0 unspecified atom stereocenters. The number of anilines is 1. The predicted octanol–water partition coefficient (Wildman–Crippen LogP) is 4.40. The largest absolute Gasteiger partial charge is 0.494 e. The highest BCUT2D eigenvalue weighted by Crippen LogP contribution is 2.26. The molecule has 2 aromatic heterocycles. The van der Waals surface area contributed by atoms with Gasteiger partial charge in [-0.05, 0) is 64.2 Å². The lowest BCUT2D eigenvalue weighted by Gasteiger charge is -2.42. The molecule has 44 heavy (non-hydrogen) atoms. The summed E-state index contributed by atoms with van der Waals surface area (Å²) in [6.07, 6.45) is 5.56. The van der Waals surface area contributed by atoms with Crippen molar-refractivity contribution in [3.05, 3.63) is 42.4 Å². The maximum Gasteiger partial charge on any atom is 0.320 e. The van der Waals surface area contributed by atoms with Crippen molar-refractivity contribution in [2.24, 2.45) is 5.92 Å². The average Bonchev–Trinajstić information content (AvgIpc) is 3.42. The number of fused-ring (bicyclic) bond motifs is 1. The third kappa shape index (κ3) is 8.11. The molecule has 0 saturated carbocycles. The fourth-order valence-corrected chi connectivity index (χ4v) is 6.15. The Bertz CT molecular complexity index is 1350. The van der Waals surface area contributed by atoms with Crippen LogP contribution in [0.1, 0.15) is 46.1 Å². The van der Waals surface area contributed by atoms with Gasteiger partial charge in [-0.25, -0.2) is 19.4 Å². The highest BCUT2D eigenvalue weighted by Gasteiger charge is 2.31. The molecular formula is C32H49ClN8O3. The first-order chi connectivity index (χ1) is 20.8. The molecule has 4 heterocycles. The molecule has 0 atom stereocenters. The van der Waals surface area contributed by atoms with Gasteiger partial charge in [-0.2, -0.15) is 5.10 Å². The Morgan fingerprint density at radius 2 is 1.77 bits per heavy atom. The van der Waals surface area contributed by atoms with Crippen LogP contribution < -0.4 is 9.64 Å². The minimum Gasteiger partial charge on any atom is -0.494 e. The number of nitrogens with zero attached hydrogens (tertiary/aromatic N) is 8. The molecule has 2 amide bonds. The Labute approximate surface area is 267 Å². The lowest BCUT2D eigenvalue weighted by atomic mass is 9.94. The number of urea groups is 1. The maximum atomic E-state index is 13.4. The van der Waals surface area contributed by atoms with Crippen LogP contribution in [-0.4, -0.2) is 119 Å². The fourth-order valence-electron chi connectivity index (χ4n) is 6.15. The Hall–Kier alpha value is -3.15. The fraction of sp³-hybridized carbons (Fsp3) is 0.625. The van der Waals surface area contributed by atoms with Gasteiger partial charge in [-0.1, -0.05) is 12.1 Å². The number of aromatic nitrogens is 4. The second kappa shape index (κ2) is 15.2. The van der Waals surface area contributed by atoms with E-state index in [0.29, 0.717) is 32.2 Å². The van der Waals surface area contributed by atoms with Gasteiger partial charge in [0.15, 0.2) is 5.65 Å². The van der Waals surface area contributed by atoms with E-state index in [2.05, 4.69) is 56.6 Å². The molecule has 0 radical (unpaired) electrons. The number of ether oxygens (including phenoxy) is 2. The van der Waals surface area contributed by atoms with E-state index >= 15 is 0 Å². The number of piperidine rings is 1. The zero-order valence-corrected chi connectivity index (χ0v) is 27.8. The Morgan fingerprint density at radius 1 is 1.05 bits per heavy atom. The second-order valence-corrected chi connectivity index (χ2v) is 12.6. The highest BCUT2D eigenvalue weighted by molar-refractivity contribution is 5.87. The van der Waals surface area contributed by atoms with E-state index in [-0.39, 0.29) is 24.0 Å². The van der Waals surface area contributed by atoms with Gasteiger partial charge >= 0.3 is 6.03 Å². The van der Waals surface area contributed by atoms with Crippen LogP contribution in [0.25, 0.3) is 11.0 Å². The quantitative estimate of drug-likeness (QED) is 0.326. The van der Waals surface area contributed by atoms with Crippen molar-refractivity contribution >= 4 is 35.3 Å². The monoisotopic (exact) mass is 628 g/mol. The molecular weight excluding hydrogens is 580 g/mol. The van der Waals surface area contributed by atoms with Crippen molar-refractivity contribution in [2.45, 2.75) is 52.6 Å². The summed E-state index contributed by atoms with van der Waals surface area (Å²) in [5.74, 6) is 2.34. The van der Waals surface area contributed by atoms with Crippen LogP contribution in [0.2, 0.25) is 0 Å². The van der Waals surface area contributed by atoms with E-state index in [0.717, 1.165) is 86.9 Å². The van der Waals surface area contributed by atoms with Crippen LogP contribution in [0, 0.1) is 5.92 Å². The molecule has 2 saturated heterocycles. The van der Waals surface area contributed by atoms with Gasteiger partial charge in [0.2, 0.25) is 0 Å². The summed E-state index contributed by atoms with van der Waals surface area (Å²) in [6.45, 7) is 17.2. The lowest BCUT2D eigenvalue weighted by Crippen LogP contribution is -2.55. The van der Waals surface area contributed by atoms with Gasteiger partial charge in [0.25, 0.3) is 0 Å². The molecule has 2 aliphatic heterocycles. The second-order valence-electron chi connectivity index (χ2n) is 12.6. The number of piperazine rings is 1. The smallest absolute Gasteiger partial charge is 0.320 e. The molecule has 1 aromatic carbocycles. The molecule has 5 rings (SSSR count). The van der Waals surface area contributed by atoms with E-state index in [4.69, 9.17) is 9.47 Å². The molecule has 3 aromatic rings. The number of hydrogen-bond donors (Lipinski definition) is 0. The molecule has 11 nitrogen and oxygen atoms in total. The van der Waals surface area contributed by atoms with Gasteiger partial charge in [-0.15, -0.1) is 12.4 Å². The molecule has 0 spiro atoms. The summed E-state index contributed by atoms with van der Waals surface area (Å²) in [7, 11) is 1.76. The van der Waals surface area contributed by atoms with Crippen LogP contribution in [0.15, 0.2) is 36.8 Å². The molecule has 0 bridgehead atoms. The average molecular weight is 629 g/mol. The van der Waals surface area contributed by atoms with E-state index in [1.165, 1.54) is 0 Å². The molecule has 0 aliphatic carbocycles. The summed E-state index contributed by atoms with van der Waals surface area (Å²) in [6, 6.07) is 8.25. The lowest BCUT2D eigenvalue weighted by molar-refractivity contribution is 0.0579. The number of halogens is 1. The van der Waals surface area contributed by atoms with Gasteiger partial charge in [0, 0.05) is 65.0 Å². The molecule has 0 N–H and O–H groups in total. The summed E-state index contributed by atoms with van der Waals surface area (Å²) in [5, 5.41) is 5.57. The SMILES string of the molecule is CCOc1cccc(Cn2ncc3c(N4CCN(C(=O)N5CCC(CN(CCOC)C(C)(C)C)CC5)CC4)ncnc32)c1.Cl. The van der Waals surface area contributed by atoms with Crippen molar-refractivity contribution in [3.63, 3.8) is 0 Å². The number of hydrogen-bond acceptors (Lipinski definition) is 8. The Morgan fingerprint density at radius 3 is 2.45 bits per heavy atom. The van der Waals surface area contributed by atoms with E-state index in [1.54, 1.807) is 13.4 Å². The first-order valence-corrected chi connectivity index (χ1v) is 15.7. The normalized spacial score (nSPS) is 16.5. The number of likely N-dealkylation sites (tertiary alicyclic amines) is 1. The summed E-state index contributed by atoms with van der Waals surface area (Å²) < 4.78 is 12.9. The van der Waals surface area contributed by atoms with Crippen LogP contribution >= 0.6 is 12.4 Å². The van der Waals surface area contributed by atoms with Crippen molar-refractivity contribution in [2.75, 3.05) is 77.6 Å². The summed E-state index contributed by atoms with van der Waals surface area (Å²) >= 11 is 0. The number of methoxy groups -OCH3 is 1. The van der Waals surface area contributed by atoms with Crippen LogP contribution in [-0.2, 0) is 11.3 Å². The van der Waals surface area contributed by atoms with Crippen molar-refractivity contribution < 1.29 is 14.3 Å². The van der Waals surface area contributed by atoms with E-state index < -0.39 is 0 Å². The number of amides is 2. The number of carbonyl (C=O) groups excluding carboxylic acids is 1. The topological polar surface area (TPSA) is 92.1 Å². The van der Waals surface area contributed by atoms with Crippen LogP contribution in [0.4, 0.5) is 10.6 Å². The first-order valence-electron chi connectivity index (χ1n) is 15.7. The molecule has 2 aliphatic rings.